The smallest absolute Gasteiger partial charge is 0.268 e. The average molecular weight is 434 g/mol. The first-order valence-electron chi connectivity index (χ1n) is 6.00. The lowest BCUT2D eigenvalue weighted by molar-refractivity contribution is 0.0865. The summed E-state index contributed by atoms with van der Waals surface area (Å²) in [6.45, 7) is 0.00357. The van der Waals surface area contributed by atoms with Gasteiger partial charge in [-0.05, 0) is 58.5 Å². The maximum absolute atomic E-state index is 12.5. The van der Waals surface area contributed by atoms with Gasteiger partial charge in [0, 0.05) is 8.59 Å². The van der Waals surface area contributed by atoms with Crippen molar-refractivity contribution in [3.8, 4) is 0 Å². The quantitative estimate of drug-likeness (QED) is 0.683. The summed E-state index contributed by atoms with van der Waals surface area (Å²) in [6, 6.07) is 11.5. The lowest BCUT2D eigenvalue weighted by atomic mass is 10.2. The van der Waals surface area contributed by atoms with E-state index in [-0.39, 0.29) is 17.0 Å². The summed E-state index contributed by atoms with van der Waals surface area (Å²) in [5.74, 6) is -0.488. The average Bonchev–Trinajstić information content (AvgIpc) is 2.62. The van der Waals surface area contributed by atoms with Crippen molar-refractivity contribution in [3.63, 3.8) is 0 Å². The monoisotopic (exact) mass is 433 g/mol. The Morgan fingerprint density at radius 2 is 1.76 bits per heavy atom. The maximum Gasteiger partial charge on any atom is 0.269 e. The lowest BCUT2D eigenvalue weighted by Crippen LogP contribution is -2.29. The Morgan fingerprint density at radius 1 is 1.10 bits per heavy atom. The molecule has 4 nitrogen and oxygen atoms in total. The molecule has 108 valence electrons. The van der Waals surface area contributed by atoms with Gasteiger partial charge in [-0.2, -0.15) is 0 Å². The molecule has 21 heavy (non-hydrogen) atoms. The van der Waals surface area contributed by atoms with Crippen LogP contribution >= 0.6 is 34.2 Å². The second-order valence-corrected chi connectivity index (χ2v) is 8.10. The van der Waals surface area contributed by atoms with E-state index in [2.05, 4.69) is 0 Å². The standard InChI is InChI=1S/C14H9ClINO3S/c15-10-3-1-9(2-4-10)8-17-14(18)12-7-11(16)5-6-13(12)21(17,19)20/h1-7H,8H2. The molecule has 2 aromatic carbocycles. The number of carbonyl (C=O) groups is 1. The molecule has 1 heterocycles. The molecule has 0 saturated heterocycles. The van der Waals surface area contributed by atoms with Gasteiger partial charge in [-0.1, -0.05) is 23.7 Å². The lowest BCUT2D eigenvalue weighted by Gasteiger charge is -2.15. The third-order valence-electron chi connectivity index (χ3n) is 3.21. The summed E-state index contributed by atoms with van der Waals surface area (Å²) in [5, 5.41) is 0.562. The van der Waals surface area contributed by atoms with Crippen LogP contribution in [0.15, 0.2) is 47.4 Å². The van der Waals surface area contributed by atoms with Gasteiger partial charge in [-0.25, -0.2) is 12.7 Å². The molecule has 0 bridgehead atoms. The number of hydrogen-bond acceptors (Lipinski definition) is 3. The predicted octanol–water partition coefficient (Wildman–Crippen LogP) is 3.29. The summed E-state index contributed by atoms with van der Waals surface area (Å²) >= 11 is 7.85. The number of amides is 1. The van der Waals surface area contributed by atoms with E-state index in [9.17, 15) is 13.2 Å². The molecule has 0 atom stereocenters. The largest absolute Gasteiger partial charge is 0.269 e. The van der Waals surface area contributed by atoms with Crippen LogP contribution in [0, 0.1) is 3.57 Å². The molecule has 3 rings (SSSR count). The molecule has 0 aromatic heterocycles. The highest BCUT2D eigenvalue weighted by Gasteiger charge is 2.41. The number of benzene rings is 2. The van der Waals surface area contributed by atoms with Crippen LogP contribution in [0.2, 0.25) is 5.02 Å². The Hall–Kier alpha value is -1.12. The number of carbonyl (C=O) groups excluding carboxylic acids is 1. The van der Waals surface area contributed by atoms with E-state index in [0.717, 1.165) is 7.88 Å². The molecule has 0 unspecified atom stereocenters. The summed E-state index contributed by atoms with van der Waals surface area (Å²) < 4.78 is 26.6. The zero-order chi connectivity index (χ0) is 15.2. The van der Waals surface area contributed by atoms with E-state index in [4.69, 9.17) is 11.6 Å². The second kappa shape index (κ2) is 5.26. The Bertz CT molecular complexity index is 834. The summed E-state index contributed by atoms with van der Waals surface area (Å²) in [4.78, 5) is 12.4. The summed E-state index contributed by atoms with van der Waals surface area (Å²) in [7, 11) is -3.77. The second-order valence-electron chi connectivity index (χ2n) is 4.58. The van der Waals surface area contributed by atoms with Gasteiger partial charge in [0.15, 0.2) is 0 Å². The van der Waals surface area contributed by atoms with Crippen LogP contribution in [0.4, 0.5) is 0 Å². The number of halogens is 2. The van der Waals surface area contributed by atoms with E-state index in [1.807, 2.05) is 22.6 Å². The van der Waals surface area contributed by atoms with Crippen molar-refractivity contribution in [1.82, 2.24) is 4.31 Å². The molecule has 0 N–H and O–H groups in total. The minimum atomic E-state index is -3.77. The Morgan fingerprint density at radius 3 is 2.43 bits per heavy atom. The van der Waals surface area contributed by atoms with Crippen LogP contribution in [-0.2, 0) is 16.6 Å². The van der Waals surface area contributed by atoms with Crippen LogP contribution < -0.4 is 0 Å². The highest BCUT2D eigenvalue weighted by Crippen LogP contribution is 2.32. The van der Waals surface area contributed by atoms with E-state index in [1.54, 1.807) is 36.4 Å². The number of rotatable bonds is 2. The van der Waals surface area contributed by atoms with Crippen LogP contribution in [0.25, 0.3) is 0 Å². The molecule has 0 saturated carbocycles. The molecule has 0 spiro atoms. The van der Waals surface area contributed by atoms with Gasteiger partial charge in [-0.3, -0.25) is 4.79 Å². The van der Waals surface area contributed by atoms with E-state index >= 15 is 0 Å². The molecule has 0 radical (unpaired) electrons. The van der Waals surface area contributed by atoms with Gasteiger partial charge in [0.1, 0.15) is 4.90 Å². The van der Waals surface area contributed by atoms with Crippen molar-refractivity contribution in [2.45, 2.75) is 11.4 Å². The zero-order valence-corrected chi connectivity index (χ0v) is 14.3. The minimum Gasteiger partial charge on any atom is -0.268 e. The van der Waals surface area contributed by atoms with Crippen molar-refractivity contribution >= 4 is 50.1 Å². The van der Waals surface area contributed by atoms with Crippen molar-refractivity contribution in [3.05, 3.63) is 62.2 Å². The fourth-order valence-electron chi connectivity index (χ4n) is 2.17. The Kier molecular flexibility index (Phi) is 3.71. The molecule has 1 amide bonds. The fraction of sp³-hybridized carbons (Fsp3) is 0.0714. The SMILES string of the molecule is O=C1c2cc(I)ccc2S(=O)(=O)N1Cc1ccc(Cl)cc1. The summed E-state index contributed by atoms with van der Waals surface area (Å²) in [6.07, 6.45) is 0. The number of fused-ring (bicyclic) bond motifs is 1. The molecule has 1 aliphatic heterocycles. The number of nitrogens with zero attached hydrogens (tertiary/aromatic N) is 1. The fourth-order valence-corrected chi connectivity index (χ4v) is 4.32. The molecule has 2 aromatic rings. The highest BCUT2D eigenvalue weighted by molar-refractivity contribution is 14.1. The van der Waals surface area contributed by atoms with Gasteiger partial charge in [0.2, 0.25) is 0 Å². The summed E-state index contributed by atoms with van der Waals surface area (Å²) in [5.41, 5.74) is 0.940. The first kappa shape index (κ1) is 14.8. The van der Waals surface area contributed by atoms with E-state index in [1.165, 1.54) is 6.07 Å². The molecule has 1 aliphatic rings. The normalized spacial score (nSPS) is 16.1. The Labute approximate surface area is 140 Å². The minimum absolute atomic E-state index is 0.00357. The van der Waals surface area contributed by atoms with Crippen molar-refractivity contribution in [1.29, 1.82) is 0 Å². The molecular formula is C14H9ClINO3S. The van der Waals surface area contributed by atoms with Crippen LogP contribution in [0.3, 0.4) is 0 Å². The van der Waals surface area contributed by atoms with Gasteiger partial charge in [0.25, 0.3) is 15.9 Å². The maximum atomic E-state index is 12.5. The van der Waals surface area contributed by atoms with E-state index in [0.29, 0.717) is 10.6 Å². The highest BCUT2D eigenvalue weighted by atomic mass is 127. The van der Waals surface area contributed by atoms with Crippen molar-refractivity contribution < 1.29 is 13.2 Å². The first-order valence-corrected chi connectivity index (χ1v) is 8.90. The van der Waals surface area contributed by atoms with Gasteiger partial charge >= 0.3 is 0 Å². The predicted molar refractivity (Wildman–Crippen MR) is 87.7 cm³/mol. The topological polar surface area (TPSA) is 54.5 Å². The molecule has 0 fully saturated rings. The third kappa shape index (κ3) is 2.56. The Balaban J connectivity index is 2.02. The van der Waals surface area contributed by atoms with Crippen LogP contribution in [0.5, 0.6) is 0 Å². The van der Waals surface area contributed by atoms with Crippen LogP contribution in [0.1, 0.15) is 15.9 Å². The van der Waals surface area contributed by atoms with Crippen LogP contribution in [-0.4, -0.2) is 18.6 Å². The third-order valence-corrected chi connectivity index (χ3v) is 5.92. The first-order chi connectivity index (χ1) is 9.89. The van der Waals surface area contributed by atoms with Crippen molar-refractivity contribution in [2.24, 2.45) is 0 Å². The number of hydrogen-bond donors (Lipinski definition) is 0. The van der Waals surface area contributed by atoms with Gasteiger partial charge in [-0.15, -0.1) is 0 Å². The number of sulfonamides is 1. The van der Waals surface area contributed by atoms with Gasteiger partial charge < -0.3 is 0 Å². The van der Waals surface area contributed by atoms with Gasteiger partial charge in [0.05, 0.1) is 12.1 Å². The zero-order valence-electron chi connectivity index (χ0n) is 10.6. The molecule has 0 aliphatic carbocycles. The van der Waals surface area contributed by atoms with Crippen molar-refractivity contribution in [2.75, 3.05) is 0 Å². The van der Waals surface area contributed by atoms with E-state index < -0.39 is 15.9 Å². The molecular weight excluding hydrogens is 425 g/mol. The molecule has 7 heteroatoms.